The normalized spacial score (nSPS) is 10.5. The number of rotatable bonds is 10. The van der Waals surface area contributed by atoms with Crippen LogP contribution in [0.25, 0.3) is 10.9 Å². The highest BCUT2D eigenvalue weighted by Crippen LogP contribution is 2.25. The average molecular weight is 447 g/mol. The van der Waals surface area contributed by atoms with E-state index in [2.05, 4.69) is 64.1 Å². The molecule has 0 aliphatic rings. The SMILES string of the molecule is C#Cc1cccc(Nc2ncnc3ccc(NC=O)cc23)c1.CCN(C)CCN(CC)CC. The standard InChI is InChI=1S/C17H12N4O.C9H22N2/c1-2-12-4-3-5-14(8-12)21-17-15-9-13(20-11-22)6-7-16(15)18-10-19-17;1-5-10(4)8-9-11(6-2)7-3/h1,3-11H,(H,20,22)(H,18,19,21);5-9H2,1-4H3. The van der Waals surface area contributed by atoms with E-state index in [1.165, 1.54) is 32.5 Å². The van der Waals surface area contributed by atoms with E-state index in [1.807, 2.05) is 36.4 Å². The molecule has 0 saturated carbocycles. The Hall–Kier alpha value is -3.47. The number of hydrogen-bond acceptors (Lipinski definition) is 6. The van der Waals surface area contributed by atoms with Crippen LogP contribution < -0.4 is 10.6 Å². The number of likely N-dealkylation sites (N-methyl/N-ethyl adjacent to an activating group) is 2. The van der Waals surface area contributed by atoms with Crippen molar-refractivity contribution in [2.75, 3.05) is 50.4 Å². The zero-order valence-electron chi connectivity index (χ0n) is 20.0. The Morgan fingerprint density at radius 1 is 1.00 bits per heavy atom. The molecule has 0 saturated heterocycles. The highest BCUT2D eigenvalue weighted by Gasteiger charge is 2.06. The quantitative estimate of drug-likeness (QED) is 0.359. The van der Waals surface area contributed by atoms with Gasteiger partial charge < -0.3 is 20.4 Å². The Balaban J connectivity index is 0.000000299. The number of hydrogen-bond donors (Lipinski definition) is 2. The summed E-state index contributed by atoms with van der Waals surface area (Å²) in [6, 6.07) is 12.9. The summed E-state index contributed by atoms with van der Waals surface area (Å²) in [5.41, 5.74) is 3.08. The van der Waals surface area contributed by atoms with Gasteiger partial charge in [-0.2, -0.15) is 0 Å². The lowest BCUT2D eigenvalue weighted by molar-refractivity contribution is -0.105. The van der Waals surface area contributed by atoms with E-state index in [0.29, 0.717) is 17.9 Å². The molecule has 174 valence electrons. The molecule has 33 heavy (non-hydrogen) atoms. The third-order valence-electron chi connectivity index (χ3n) is 5.39. The fourth-order valence-electron chi connectivity index (χ4n) is 3.15. The number of carbonyl (C=O) groups excluding carboxylic acids is 1. The molecule has 2 N–H and O–H groups in total. The van der Waals surface area contributed by atoms with Crippen LogP contribution in [0.4, 0.5) is 17.2 Å². The van der Waals surface area contributed by atoms with Crippen molar-refractivity contribution in [1.29, 1.82) is 0 Å². The van der Waals surface area contributed by atoms with Crippen molar-refractivity contribution in [2.45, 2.75) is 20.8 Å². The second-order valence-electron chi connectivity index (χ2n) is 7.49. The van der Waals surface area contributed by atoms with E-state index in [0.717, 1.165) is 28.7 Å². The Morgan fingerprint density at radius 3 is 2.45 bits per heavy atom. The van der Waals surface area contributed by atoms with Gasteiger partial charge in [0.05, 0.1) is 5.52 Å². The second kappa shape index (κ2) is 13.8. The summed E-state index contributed by atoms with van der Waals surface area (Å²) in [7, 11) is 2.17. The molecule has 1 amide bonds. The van der Waals surface area contributed by atoms with Crippen molar-refractivity contribution in [3.63, 3.8) is 0 Å². The summed E-state index contributed by atoms with van der Waals surface area (Å²) in [6.07, 6.45) is 7.53. The minimum Gasteiger partial charge on any atom is -0.340 e. The van der Waals surface area contributed by atoms with E-state index in [1.54, 1.807) is 6.07 Å². The number of nitrogens with one attached hydrogen (secondary N) is 2. The summed E-state index contributed by atoms with van der Waals surface area (Å²) in [4.78, 5) is 23.9. The lowest BCUT2D eigenvalue weighted by Gasteiger charge is -2.21. The molecule has 0 unspecified atom stereocenters. The van der Waals surface area contributed by atoms with E-state index >= 15 is 0 Å². The lowest BCUT2D eigenvalue weighted by Crippen LogP contribution is -2.32. The van der Waals surface area contributed by atoms with E-state index in [9.17, 15) is 4.79 Å². The Morgan fingerprint density at radius 2 is 1.79 bits per heavy atom. The molecule has 0 spiro atoms. The van der Waals surface area contributed by atoms with Crippen molar-refractivity contribution in [1.82, 2.24) is 19.8 Å². The zero-order chi connectivity index (χ0) is 24.1. The predicted octanol–water partition coefficient (Wildman–Crippen LogP) is 4.20. The number of nitrogens with zero attached hydrogens (tertiary/aromatic N) is 4. The maximum Gasteiger partial charge on any atom is 0.211 e. The minimum atomic E-state index is 0.633. The summed E-state index contributed by atoms with van der Waals surface area (Å²) in [5.74, 6) is 3.24. The molecule has 0 aliphatic heterocycles. The van der Waals surface area contributed by atoms with Gasteiger partial charge in [-0.15, -0.1) is 6.42 Å². The number of benzene rings is 2. The van der Waals surface area contributed by atoms with Crippen molar-refractivity contribution in [3.8, 4) is 12.3 Å². The second-order valence-corrected chi connectivity index (χ2v) is 7.49. The van der Waals surface area contributed by atoms with Gasteiger partial charge in [0, 0.05) is 35.4 Å². The van der Waals surface area contributed by atoms with E-state index in [-0.39, 0.29) is 0 Å². The van der Waals surface area contributed by atoms with Gasteiger partial charge in [0.25, 0.3) is 0 Å². The molecule has 0 aliphatic carbocycles. The van der Waals surface area contributed by atoms with Gasteiger partial charge in [0.15, 0.2) is 0 Å². The molecule has 1 heterocycles. The molecule has 7 nitrogen and oxygen atoms in total. The molecule has 3 aromatic rings. The first-order chi connectivity index (χ1) is 16.0. The van der Waals surface area contributed by atoms with Crippen LogP contribution in [0.15, 0.2) is 48.8 Å². The number of aromatic nitrogens is 2. The Kier molecular flexibility index (Phi) is 10.8. The maximum absolute atomic E-state index is 10.6. The van der Waals surface area contributed by atoms with Crippen LogP contribution in [0.2, 0.25) is 0 Å². The largest absolute Gasteiger partial charge is 0.340 e. The molecule has 0 bridgehead atoms. The van der Waals surface area contributed by atoms with E-state index in [4.69, 9.17) is 6.42 Å². The first-order valence-electron chi connectivity index (χ1n) is 11.2. The first-order valence-corrected chi connectivity index (χ1v) is 11.2. The van der Waals surface area contributed by atoms with Crippen LogP contribution in [0, 0.1) is 12.3 Å². The molecule has 0 fully saturated rings. The Labute approximate surface area is 197 Å². The van der Waals surface area contributed by atoms with E-state index < -0.39 is 0 Å². The van der Waals surface area contributed by atoms with Crippen LogP contribution >= 0.6 is 0 Å². The molecule has 1 aromatic heterocycles. The van der Waals surface area contributed by atoms with Gasteiger partial charge in [0.2, 0.25) is 6.41 Å². The molecule has 7 heteroatoms. The summed E-state index contributed by atoms with van der Waals surface area (Å²) < 4.78 is 0. The number of anilines is 3. The number of terminal acetylenes is 1. The van der Waals surface area contributed by atoms with Crippen LogP contribution in [-0.2, 0) is 4.79 Å². The maximum atomic E-state index is 10.6. The van der Waals surface area contributed by atoms with Crippen molar-refractivity contribution in [3.05, 3.63) is 54.4 Å². The average Bonchev–Trinajstić information content (AvgIpc) is 2.85. The minimum absolute atomic E-state index is 0.633. The van der Waals surface area contributed by atoms with Gasteiger partial charge in [-0.25, -0.2) is 9.97 Å². The fourth-order valence-corrected chi connectivity index (χ4v) is 3.15. The third-order valence-corrected chi connectivity index (χ3v) is 5.39. The summed E-state index contributed by atoms with van der Waals surface area (Å²) in [5, 5.41) is 6.65. The smallest absolute Gasteiger partial charge is 0.211 e. The fraction of sp³-hybridized carbons (Fsp3) is 0.346. The molecular formula is C26H34N6O. The Bertz CT molecular complexity index is 1060. The van der Waals surface area contributed by atoms with Crippen LogP contribution in [0.3, 0.4) is 0 Å². The van der Waals surface area contributed by atoms with Gasteiger partial charge >= 0.3 is 0 Å². The summed E-state index contributed by atoms with van der Waals surface area (Å²) >= 11 is 0. The van der Waals surface area contributed by atoms with Crippen molar-refractivity contribution >= 4 is 34.5 Å². The monoisotopic (exact) mass is 446 g/mol. The zero-order valence-corrected chi connectivity index (χ0v) is 20.0. The first kappa shape index (κ1) is 25.8. The molecule has 3 rings (SSSR count). The van der Waals surface area contributed by atoms with Crippen LogP contribution in [-0.4, -0.2) is 65.9 Å². The number of carbonyl (C=O) groups is 1. The van der Waals surface area contributed by atoms with Gasteiger partial charge in [-0.05, 0) is 63.1 Å². The van der Waals surface area contributed by atoms with Crippen molar-refractivity contribution < 1.29 is 4.79 Å². The third kappa shape index (κ3) is 8.19. The highest BCUT2D eigenvalue weighted by atomic mass is 16.1. The molecule has 0 radical (unpaired) electrons. The van der Waals surface area contributed by atoms with Gasteiger partial charge in [0.1, 0.15) is 12.1 Å². The van der Waals surface area contributed by atoms with Crippen LogP contribution in [0.5, 0.6) is 0 Å². The molecular weight excluding hydrogens is 412 g/mol. The highest BCUT2D eigenvalue weighted by molar-refractivity contribution is 5.94. The van der Waals surface area contributed by atoms with Gasteiger partial charge in [-0.3, -0.25) is 4.79 Å². The number of amides is 1. The summed E-state index contributed by atoms with van der Waals surface area (Å²) in [6.45, 7) is 12.5. The molecule has 2 aromatic carbocycles. The van der Waals surface area contributed by atoms with Crippen molar-refractivity contribution in [2.24, 2.45) is 0 Å². The lowest BCUT2D eigenvalue weighted by atomic mass is 10.2. The predicted molar refractivity (Wildman–Crippen MR) is 138 cm³/mol. The van der Waals surface area contributed by atoms with Crippen LogP contribution in [0.1, 0.15) is 26.3 Å². The number of fused-ring (bicyclic) bond motifs is 1. The topological polar surface area (TPSA) is 73.4 Å². The van der Waals surface area contributed by atoms with Gasteiger partial charge in [-0.1, -0.05) is 32.8 Å². The molecule has 0 atom stereocenters.